The second-order valence-corrected chi connectivity index (χ2v) is 4.96. The van der Waals surface area contributed by atoms with Gasteiger partial charge >= 0.3 is 5.97 Å². The number of carbonyl (C=O) groups is 1. The third-order valence-electron chi connectivity index (χ3n) is 1.69. The molecule has 4 heteroatoms. The van der Waals surface area contributed by atoms with Crippen LogP contribution in [0.1, 0.15) is 12.5 Å². The van der Waals surface area contributed by atoms with Crippen LogP contribution in [0.25, 0.3) is 0 Å². The molecule has 13 heavy (non-hydrogen) atoms. The first-order valence-corrected chi connectivity index (χ1v) is 6.05. The average Bonchev–Trinajstić information content (AvgIpc) is 2.56. The molecule has 0 aliphatic rings. The Balaban J connectivity index is 2.18. The molecule has 0 aliphatic heterocycles. The topological polar surface area (TPSA) is 37.3 Å². The zero-order valence-corrected chi connectivity index (χ0v) is 9.03. The van der Waals surface area contributed by atoms with Crippen molar-refractivity contribution in [2.24, 2.45) is 0 Å². The molecule has 2 nitrogen and oxygen atoms in total. The van der Waals surface area contributed by atoms with Crippen LogP contribution >= 0.6 is 23.1 Å². The number of hydrogen-bond donors (Lipinski definition) is 1. The summed E-state index contributed by atoms with van der Waals surface area (Å²) < 4.78 is 0. The van der Waals surface area contributed by atoms with E-state index in [1.807, 2.05) is 5.38 Å². The summed E-state index contributed by atoms with van der Waals surface area (Å²) in [5.74, 6) is 0.153. The Labute approximate surface area is 86.0 Å². The largest absolute Gasteiger partial charge is 0.480 e. The molecule has 1 heterocycles. The van der Waals surface area contributed by atoms with Gasteiger partial charge in [0, 0.05) is 0 Å². The van der Waals surface area contributed by atoms with E-state index in [4.69, 9.17) is 5.11 Å². The van der Waals surface area contributed by atoms with Crippen molar-refractivity contribution in [3.63, 3.8) is 0 Å². The fraction of sp³-hybridized carbons (Fsp3) is 0.444. The van der Waals surface area contributed by atoms with Crippen LogP contribution < -0.4 is 0 Å². The molecule has 1 unspecified atom stereocenters. The molecule has 1 aromatic rings. The fourth-order valence-electron chi connectivity index (χ4n) is 0.860. The summed E-state index contributed by atoms with van der Waals surface area (Å²) in [5.41, 5.74) is 1.30. The molecule has 0 radical (unpaired) electrons. The van der Waals surface area contributed by atoms with E-state index in [2.05, 4.69) is 11.4 Å². The van der Waals surface area contributed by atoms with E-state index in [0.29, 0.717) is 0 Å². The van der Waals surface area contributed by atoms with E-state index in [-0.39, 0.29) is 5.25 Å². The molecule has 0 saturated heterocycles. The Bertz CT molecular complexity index is 257. The Morgan fingerprint density at radius 2 is 2.54 bits per heavy atom. The quantitative estimate of drug-likeness (QED) is 0.821. The molecule has 0 aromatic carbocycles. The Kier molecular flexibility index (Phi) is 4.32. The van der Waals surface area contributed by atoms with Crippen LogP contribution in [0.5, 0.6) is 0 Å². The average molecular weight is 216 g/mol. The minimum Gasteiger partial charge on any atom is -0.480 e. The van der Waals surface area contributed by atoms with Crippen molar-refractivity contribution in [1.29, 1.82) is 0 Å². The number of carboxylic acid groups (broad SMARTS) is 1. The highest BCUT2D eigenvalue weighted by Crippen LogP contribution is 2.14. The molecule has 72 valence electrons. The third-order valence-corrected chi connectivity index (χ3v) is 3.56. The lowest BCUT2D eigenvalue weighted by atomic mass is 10.3. The van der Waals surface area contributed by atoms with Gasteiger partial charge in [-0.15, -0.1) is 11.8 Å². The summed E-state index contributed by atoms with van der Waals surface area (Å²) in [7, 11) is 0. The summed E-state index contributed by atoms with van der Waals surface area (Å²) >= 11 is 3.17. The fourth-order valence-corrected chi connectivity index (χ4v) is 2.41. The molecule has 1 atom stereocenters. The van der Waals surface area contributed by atoms with Crippen LogP contribution in [-0.4, -0.2) is 22.1 Å². The first-order valence-electron chi connectivity index (χ1n) is 4.05. The van der Waals surface area contributed by atoms with E-state index >= 15 is 0 Å². The summed E-state index contributed by atoms with van der Waals surface area (Å²) in [4.78, 5) is 10.5. The van der Waals surface area contributed by atoms with Crippen molar-refractivity contribution < 1.29 is 9.90 Å². The number of rotatable bonds is 5. The van der Waals surface area contributed by atoms with Crippen molar-refractivity contribution in [2.75, 3.05) is 5.75 Å². The maximum Gasteiger partial charge on any atom is 0.316 e. The summed E-state index contributed by atoms with van der Waals surface area (Å²) in [6.45, 7) is 1.72. The lowest BCUT2D eigenvalue weighted by Crippen LogP contribution is -2.12. The Morgan fingerprint density at radius 3 is 3.08 bits per heavy atom. The van der Waals surface area contributed by atoms with Crippen LogP contribution in [0.4, 0.5) is 0 Å². The summed E-state index contributed by atoms with van der Waals surface area (Å²) in [5, 5.41) is 12.5. The number of hydrogen-bond acceptors (Lipinski definition) is 3. The maximum atomic E-state index is 10.5. The van der Waals surface area contributed by atoms with E-state index in [0.717, 1.165) is 12.2 Å². The van der Waals surface area contributed by atoms with Gasteiger partial charge in [-0.25, -0.2) is 0 Å². The molecule has 0 saturated carbocycles. The predicted molar refractivity (Wildman–Crippen MR) is 57.6 cm³/mol. The van der Waals surface area contributed by atoms with Gasteiger partial charge in [0.2, 0.25) is 0 Å². The Morgan fingerprint density at radius 1 is 1.77 bits per heavy atom. The van der Waals surface area contributed by atoms with Crippen molar-refractivity contribution in [1.82, 2.24) is 0 Å². The Hall–Kier alpha value is -0.480. The molecule has 1 aromatic heterocycles. The number of aryl methyl sites for hydroxylation is 1. The normalized spacial score (nSPS) is 12.7. The van der Waals surface area contributed by atoms with Gasteiger partial charge in [-0.2, -0.15) is 11.3 Å². The lowest BCUT2D eigenvalue weighted by Gasteiger charge is -2.04. The van der Waals surface area contributed by atoms with Crippen LogP contribution in [-0.2, 0) is 11.2 Å². The van der Waals surface area contributed by atoms with Gasteiger partial charge < -0.3 is 5.11 Å². The van der Waals surface area contributed by atoms with Crippen molar-refractivity contribution >= 4 is 29.1 Å². The van der Waals surface area contributed by atoms with Gasteiger partial charge in [0.05, 0.1) is 5.25 Å². The first kappa shape index (κ1) is 10.6. The standard InChI is InChI=1S/C9H12O2S2/c1-7(9(10)11)13-5-3-8-2-4-12-6-8/h2,4,6-7H,3,5H2,1H3,(H,10,11). The third kappa shape index (κ3) is 3.83. The molecule has 1 rings (SSSR count). The number of thiophene rings is 1. The van der Waals surface area contributed by atoms with Crippen molar-refractivity contribution in [3.8, 4) is 0 Å². The van der Waals surface area contributed by atoms with Gasteiger partial charge in [-0.1, -0.05) is 0 Å². The van der Waals surface area contributed by atoms with Crippen LogP contribution in [0.3, 0.4) is 0 Å². The second kappa shape index (κ2) is 5.29. The molecule has 0 fully saturated rings. The molecule has 0 amide bonds. The maximum absolute atomic E-state index is 10.5. The van der Waals surface area contributed by atoms with E-state index in [1.165, 1.54) is 17.3 Å². The monoisotopic (exact) mass is 216 g/mol. The van der Waals surface area contributed by atoms with E-state index in [9.17, 15) is 4.79 Å². The van der Waals surface area contributed by atoms with Crippen molar-refractivity contribution in [2.45, 2.75) is 18.6 Å². The van der Waals surface area contributed by atoms with E-state index < -0.39 is 5.97 Å². The lowest BCUT2D eigenvalue weighted by molar-refractivity contribution is -0.136. The smallest absolute Gasteiger partial charge is 0.316 e. The van der Waals surface area contributed by atoms with E-state index in [1.54, 1.807) is 18.3 Å². The van der Waals surface area contributed by atoms with Gasteiger partial charge in [-0.3, -0.25) is 4.79 Å². The minimum absolute atomic E-state index is 0.293. The van der Waals surface area contributed by atoms with Crippen LogP contribution in [0.15, 0.2) is 16.8 Å². The molecule has 0 spiro atoms. The van der Waals surface area contributed by atoms with Gasteiger partial charge in [0.15, 0.2) is 0 Å². The predicted octanol–water partition coefficient (Wildman–Crippen LogP) is 2.50. The zero-order valence-electron chi connectivity index (χ0n) is 7.40. The minimum atomic E-state index is -0.727. The highest BCUT2D eigenvalue weighted by atomic mass is 32.2. The number of thioether (sulfide) groups is 1. The zero-order chi connectivity index (χ0) is 9.68. The second-order valence-electron chi connectivity index (χ2n) is 2.73. The van der Waals surface area contributed by atoms with Gasteiger partial charge in [0.1, 0.15) is 0 Å². The molecular formula is C9H12O2S2. The van der Waals surface area contributed by atoms with Crippen LogP contribution in [0.2, 0.25) is 0 Å². The molecule has 0 bridgehead atoms. The van der Waals surface area contributed by atoms with Gasteiger partial charge in [0.25, 0.3) is 0 Å². The highest BCUT2D eigenvalue weighted by Gasteiger charge is 2.10. The number of carboxylic acids is 1. The molecular weight excluding hydrogens is 204 g/mol. The summed E-state index contributed by atoms with van der Waals surface area (Å²) in [6, 6.07) is 2.08. The van der Waals surface area contributed by atoms with Crippen molar-refractivity contribution in [3.05, 3.63) is 22.4 Å². The SMILES string of the molecule is CC(SCCc1ccsc1)C(=O)O. The first-order chi connectivity index (χ1) is 6.20. The van der Waals surface area contributed by atoms with Gasteiger partial charge in [-0.05, 0) is 41.5 Å². The molecule has 1 N–H and O–H groups in total. The molecule has 0 aliphatic carbocycles. The highest BCUT2D eigenvalue weighted by molar-refractivity contribution is 8.00. The number of aliphatic carboxylic acids is 1. The summed E-state index contributed by atoms with van der Waals surface area (Å²) in [6.07, 6.45) is 0.964. The van der Waals surface area contributed by atoms with Crippen LogP contribution in [0, 0.1) is 0 Å².